The molecule has 0 amide bonds. The molecular formula is C12H7F3N4OS. The summed E-state index contributed by atoms with van der Waals surface area (Å²) in [5.41, 5.74) is 1.55. The van der Waals surface area contributed by atoms with Gasteiger partial charge in [0.05, 0.1) is 23.6 Å². The number of alkyl halides is 2. The van der Waals surface area contributed by atoms with Crippen molar-refractivity contribution in [3.8, 4) is 17.1 Å². The Morgan fingerprint density at radius 1 is 1.10 bits per heavy atom. The number of H-pyrrole nitrogens is 2. The van der Waals surface area contributed by atoms with Crippen LogP contribution in [0.2, 0.25) is 0 Å². The minimum Gasteiger partial charge on any atom is -0.415 e. The predicted molar refractivity (Wildman–Crippen MR) is 71.1 cm³/mol. The zero-order chi connectivity index (χ0) is 15.0. The van der Waals surface area contributed by atoms with E-state index < -0.39 is 12.4 Å². The molecule has 0 spiro atoms. The van der Waals surface area contributed by atoms with Crippen molar-refractivity contribution in [2.45, 2.75) is 6.61 Å². The molecule has 0 aliphatic carbocycles. The summed E-state index contributed by atoms with van der Waals surface area (Å²) in [6.45, 7) is -2.97. The van der Waals surface area contributed by atoms with Gasteiger partial charge in [-0.1, -0.05) is 0 Å². The lowest BCUT2D eigenvalue weighted by molar-refractivity contribution is -0.0530. The van der Waals surface area contributed by atoms with Crippen LogP contribution >= 0.6 is 12.2 Å². The van der Waals surface area contributed by atoms with Gasteiger partial charge in [0.1, 0.15) is 11.3 Å². The van der Waals surface area contributed by atoms with Gasteiger partial charge in [-0.15, -0.1) is 0 Å². The maximum absolute atomic E-state index is 13.7. The molecule has 0 aliphatic heterocycles. The average molecular weight is 312 g/mol. The van der Waals surface area contributed by atoms with Crippen LogP contribution in [0.15, 0.2) is 24.5 Å². The molecule has 0 atom stereocenters. The number of fused-ring (bicyclic) bond motifs is 1. The fourth-order valence-electron chi connectivity index (χ4n) is 1.91. The van der Waals surface area contributed by atoms with Gasteiger partial charge in [-0.25, -0.2) is 14.4 Å². The lowest BCUT2D eigenvalue weighted by atomic mass is 10.1. The van der Waals surface area contributed by atoms with Gasteiger partial charge in [0.2, 0.25) is 5.88 Å². The lowest BCUT2D eigenvalue weighted by Crippen LogP contribution is -2.04. The highest BCUT2D eigenvalue weighted by atomic mass is 32.1. The first-order valence-electron chi connectivity index (χ1n) is 5.72. The standard InChI is InChI=1S/C12H7F3N4OS/c13-6-2-1-5(9-10(6)19-12(21)18-9)7-3-17-8(4-16-7)20-11(14)15/h1-4,11H,(H2,18,19,21). The SMILES string of the molecule is Fc1ccc(-c2cnc(OC(F)F)cn2)c2[nH]c(=S)[nH]c12. The maximum Gasteiger partial charge on any atom is 0.388 e. The summed E-state index contributed by atoms with van der Waals surface area (Å²) in [5.74, 6) is -0.763. The number of benzene rings is 1. The normalized spacial score (nSPS) is 11.2. The zero-order valence-electron chi connectivity index (χ0n) is 10.2. The van der Waals surface area contributed by atoms with E-state index in [1.54, 1.807) is 0 Å². The van der Waals surface area contributed by atoms with E-state index in [9.17, 15) is 13.2 Å². The number of hydrogen-bond donors (Lipinski definition) is 2. The third-order valence-electron chi connectivity index (χ3n) is 2.75. The van der Waals surface area contributed by atoms with E-state index in [2.05, 4.69) is 24.7 Å². The summed E-state index contributed by atoms with van der Waals surface area (Å²) >= 11 is 4.93. The molecule has 2 heterocycles. The molecular weight excluding hydrogens is 305 g/mol. The van der Waals surface area contributed by atoms with Crippen LogP contribution in [0.5, 0.6) is 5.88 Å². The highest BCUT2D eigenvalue weighted by Crippen LogP contribution is 2.27. The van der Waals surface area contributed by atoms with E-state index >= 15 is 0 Å². The van der Waals surface area contributed by atoms with E-state index in [0.717, 1.165) is 6.20 Å². The van der Waals surface area contributed by atoms with Crippen LogP contribution in [0.3, 0.4) is 0 Å². The molecule has 108 valence electrons. The van der Waals surface area contributed by atoms with Crippen LogP contribution in [0, 0.1) is 10.6 Å². The summed E-state index contributed by atoms with van der Waals surface area (Å²) in [4.78, 5) is 13.2. The molecule has 0 unspecified atom stereocenters. The molecule has 0 aliphatic rings. The summed E-state index contributed by atoms with van der Waals surface area (Å²) < 4.78 is 42.1. The number of rotatable bonds is 3. The molecule has 2 N–H and O–H groups in total. The van der Waals surface area contributed by atoms with Crippen LogP contribution in [0.25, 0.3) is 22.3 Å². The second-order valence-corrected chi connectivity index (χ2v) is 4.45. The topological polar surface area (TPSA) is 66.6 Å². The molecule has 0 fully saturated rings. The van der Waals surface area contributed by atoms with Crippen molar-refractivity contribution in [1.82, 2.24) is 19.9 Å². The zero-order valence-corrected chi connectivity index (χ0v) is 11.0. The minimum atomic E-state index is -2.97. The molecule has 1 aromatic carbocycles. The van der Waals surface area contributed by atoms with E-state index in [1.807, 2.05) is 0 Å². The maximum atomic E-state index is 13.7. The van der Waals surface area contributed by atoms with E-state index in [1.165, 1.54) is 18.3 Å². The van der Waals surface area contributed by atoms with Crippen molar-refractivity contribution >= 4 is 23.3 Å². The minimum absolute atomic E-state index is 0.215. The van der Waals surface area contributed by atoms with Crippen LogP contribution in [-0.4, -0.2) is 26.5 Å². The number of hydrogen-bond acceptors (Lipinski definition) is 4. The Bertz CT molecular complexity index is 844. The smallest absolute Gasteiger partial charge is 0.388 e. The van der Waals surface area contributed by atoms with Gasteiger partial charge in [-0.3, -0.25) is 0 Å². The van der Waals surface area contributed by atoms with Crippen LogP contribution in [0.1, 0.15) is 0 Å². The molecule has 0 saturated carbocycles. The highest BCUT2D eigenvalue weighted by molar-refractivity contribution is 7.71. The highest BCUT2D eigenvalue weighted by Gasteiger charge is 2.12. The summed E-state index contributed by atoms with van der Waals surface area (Å²) in [6.07, 6.45) is 2.33. The molecule has 3 aromatic rings. The number of ether oxygens (including phenoxy) is 1. The van der Waals surface area contributed by atoms with Crippen molar-refractivity contribution in [2.75, 3.05) is 0 Å². The van der Waals surface area contributed by atoms with Gasteiger partial charge < -0.3 is 14.7 Å². The molecule has 3 rings (SSSR count). The van der Waals surface area contributed by atoms with Gasteiger partial charge >= 0.3 is 6.61 Å². The van der Waals surface area contributed by atoms with Crippen LogP contribution in [-0.2, 0) is 0 Å². The van der Waals surface area contributed by atoms with Gasteiger partial charge in [-0.2, -0.15) is 8.78 Å². The number of aromatic amines is 2. The van der Waals surface area contributed by atoms with Crippen LogP contribution in [0.4, 0.5) is 13.2 Å². The third-order valence-corrected chi connectivity index (χ3v) is 2.95. The van der Waals surface area contributed by atoms with Crippen molar-refractivity contribution < 1.29 is 17.9 Å². The van der Waals surface area contributed by atoms with Crippen LogP contribution < -0.4 is 4.74 Å². The Morgan fingerprint density at radius 3 is 2.52 bits per heavy atom. The molecule has 9 heteroatoms. The first kappa shape index (κ1) is 13.6. The third kappa shape index (κ3) is 2.59. The largest absolute Gasteiger partial charge is 0.415 e. The van der Waals surface area contributed by atoms with Crippen molar-refractivity contribution in [3.63, 3.8) is 0 Å². The fraction of sp³-hybridized carbons (Fsp3) is 0.0833. The van der Waals surface area contributed by atoms with Gasteiger partial charge in [0, 0.05) is 5.56 Å². The second kappa shape index (κ2) is 5.17. The lowest BCUT2D eigenvalue weighted by Gasteiger charge is -2.05. The molecule has 2 aromatic heterocycles. The number of imidazole rings is 1. The molecule has 0 radical (unpaired) electrons. The Labute approximate surface area is 120 Å². The monoisotopic (exact) mass is 312 g/mol. The van der Waals surface area contributed by atoms with E-state index in [0.29, 0.717) is 16.8 Å². The summed E-state index contributed by atoms with van der Waals surface area (Å²) in [6, 6.07) is 2.75. The molecule has 0 saturated heterocycles. The molecule has 5 nitrogen and oxygen atoms in total. The quantitative estimate of drug-likeness (QED) is 0.727. The Kier molecular flexibility index (Phi) is 3.34. The predicted octanol–water partition coefficient (Wildman–Crippen LogP) is 3.42. The molecule has 0 bridgehead atoms. The summed E-state index contributed by atoms with van der Waals surface area (Å²) in [5, 5.41) is 0. The Hall–Kier alpha value is -2.42. The van der Waals surface area contributed by atoms with Gasteiger partial charge in [-0.05, 0) is 24.4 Å². The van der Waals surface area contributed by atoms with Gasteiger partial charge in [0.15, 0.2) is 4.77 Å². The number of halogens is 3. The second-order valence-electron chi connectivity index (χ2n) is 4.04. The van der Waals surface area contributed by atoms with Crippen molar-refractivity contribution in [3.05, 3.63) is 35.1 Å². The fourth-order valence-corrected chi connectivity index (χ4v) is 2.11. The first-order valence-corrected chi connectivity index (χ1v) is 6.13. The first-order chi connectivity index (χ1) is 10.0. The Morgan fingerprint density at radius 2 is 1.86 bits per heavy atom. The number of aromatic nitrogens is 4. The molecule has 21 heavy (non-hydrogen) atoms. The van der Waals surface area contributed by atoms with E-state index in [-0.39, 0.29) is 16.2 Å². The number of nitrogens with one attached hydrogen (secondary N) is 2. The number of nitrogens with zero attached hydrogens (tertiary/aromatic N) is 2. The average Bonchev–Trinajstić information content (AvgIpc) is 2.82. The van der Waals surface area contributed by atoms with E-state index in [4.69, 9.17) is 12.2 Å². The van der Waals surface area contributed by atoms with Crippen molar-refractivity contribution in [2.24, 2.45) is 0 Å². The Balaban J connectivity index is 2.08. The van der Waals surface area contributed by atoms with Crippen molar-refractivity contribution in [1.29, 1.82) is 0 Å². The summed E-state index contributed by atoms with van der Waals surface area (Å²) in [7, 11) is 0. The van der Waals surface area contributed by atoms with Gasteiger partial charge in [0.25, 0.3) is 0 Å².